The second-order valence-corrected chi connectivity index (χ2v) is 18.7. The van der Waals surface area contributed by atoms with E-state index < -0.39 is 96.1 Å². The van der Waals surface area contributed by atoms with Crippen molar-refractivity contribution in [2.45, 2.75) is 157 Å². The molecule has 0 bridgehead atoms. The predicted molar refractivity (Wildman–Crippen MR) is 239 cm³/mol. The highest BCUT2D eigenvalue weighted by Gasteiger charge is 2.42. The molecule has 1 heterocycles. The zero-order valence-corrected chi connectivity index (χ0v) is 40.5. The molecule has 0 unspecified atom stereocenters. The Balaban J connectivity index is 2.81. The lowest BCUT2D eigenvalue weighted by Gasteiger charge is -2.35. The smallest absolute Gasteiger partial charge is 0.329 e. The van der Waals surface area contributed by atoms with Crippen molar-refractivity contribution in [2.75, 3.05) is 28.2 Å². The molecule has 352 valence electrons. The van der Waals surface area contributed by atoms with Crippen LogP contribution in [0.25, 0.3) is 0 Å². The molecule has 8 atom stereocenters. The van der Waals surface area contributed by atoms with E-state index in [-0.39, 0.29) is 55.8 Å². The third-order valence-corrected chi connectivity index (χ3v) is 11.1. The summed E-state index contributed by atoms with van der Waals surface area (Å²) in [6.45, 7) is 18.8. The lowest BCUT2D eigenvalue weighted by atomic mass is 9.94. The van der Waals surface area contributed by atoms with Crippen molar-refractivity contribution in [3.05, 3.63) is 29.8 Å². The molecule has 4 amide bonds. The first-order valence-corrected chi connectivity index (χ1v) is 22.1. The Kier molecular flexibility index (Phi) is 20.8. The average molecular weight is 885 g/mol. The zero-order valence-electron chi connectivity index (χ0n) is 40.5. The zero-order chi connectivity index (χ0) is 48.2. The number of benzene rings is 1. The molecule has 0 aromatic heterocycles. The van der Waals surface area contributed by atoms with Crippen LogP contribution in [0.5, 0.6) is 0 Å². The standard InChI is InChI=1S/C46H73BN4O12/c1-25(2)20-34-43(56)60-29(9)39(52)48(12)35(21-26(3)4)44(57)61-31(11)41(54)50(14)37(23-28(7)8)46(59)63-38(24-32-16-18-33(47)19-17-32)42(55)51(15)36(22-27(5)6)45(58)62-30(10)40(53)49(34)13/h16-19,25-31,34-38H,20-24,47H2,1-15H3/t29-,30-,31-,34+,35+,36+,37+,38-/m1/s1. The molecule has 63 heavy (non-hydrogen) atoms. The van der Waals surface area contributed by atoms with Crippen molar-refractivity contribution in [3.8, 4) is 0 Å². The summed E-state index contributed by atoms with van der Waals surface area (Å²) in [6, 6.07) is 2.44. The molecular weight excluding hydrogens is 811 g/mol. The number of ether oxygens (including phenoxy) is 4. The minimum Gasteiger partial charge on any atom is -0.451 e. The molecule has 1 aromatic carbocycles. The molecular formula is C46H73BN4O12. The Hall–Kier alpha value is -4.96. The van der Waals surface area contributed by atoms with E-state index in [0.717, 1.165) is 25.1 Å². The molecule has 0 saturated carbocycles. The first-order valence-electron chi connectivity index (χ1n) is 22.1. The summed E-state index contributed by atoms with van der Waals surface area (Å²) in [5.41, 5.74) is 1.62. The van der Waals surface area contributed by atoms with Gasteiger partial charge in [-0.25, -0.2) is 19.2 Å². The summed E-state index contributed by atoms with van der Waals surface area (Å²) in [7, 11) is 7.42. The maximum absolute atomic E-state index is 14.6. The normalized spacial score (nSPS) is 26.3. The van der Waals surface area contributed by atoms with Crippen LogP contribution in [0.4, 0.5) is 0 Å². The minimum absolute atomic E-state index is 0.0756. The Morgan fingerprint density at radius 1 is 0.444 bits per heavy atom. The Morgan fingerprint density at radius 2 is 0.698 bits per heavy atom. The summed E-state index contributed by atoms with van der Waals surface area (Å²) in [5.74, 6) is -7.01. The molecule has 17 heteroatoms. The molecule has 0 spiro atoms. The predicted octanol–water partition coefficient (Wildman–Crippen LogP) is 2.70. The monoisotopic (exact) mass is 885 g/mol. The maximum Gasteiger partial charge on any atom is 0.329 e. The van der Waals surface area contributed by atoms with E-state index in [1.54, 1.807) is 12.1 Å². The number of hydrogen-bond donors (Lipinski definition) is 0. The van der Waals surface area contributed by atoms with Gasteiger partial charge in [0, 0.05) is 34.6 Å². The van der Waals surface area contributed by atoms with Gasteiger partial charge in [-0.15, -0.1) is 0 Å². The highest BCUT2D eigenvalue weighted by atomic mass is 16.6. The number of amides is 4. The largest absolute Gasteiger partial charge is 0.451 e. The summed E-state index contributed by atoms with van der Waals surface area (Å²) in [4.78, 5) is 117. The lowest BCUT2D eigenvalue weighted by Crippen LogP contribution is -2.54. The van der Waals surface area contributed by atoms with E-state index in [2.05, 4.69) is 0 Å². The molecule has 16 nitrogen and oxygen atoms in total. The number of cyclic esters (lactones) is 4. The van der Waals surface area contributed by atoms with Gasteiger partial charge in [0.05, 0.1) is 0 Å². The molecule has 0 radical (unpaired) electrons. The van der Waals surface area contributed by atoms with Crippen LogP contribution in [0, 0.1) is 23.7 Å². The second kappa shape index (κ2) is 24.2. The Morgan fingerprint density at radius 3 is 0.968 bits per heavy atom. The molecule has 0 N–H and O–H groups in total. The summed E-state index contributed by atoms with van der Waals surface area (Å²) in [6.07, 6.45) is -5.29. The molecule has 1 aliphatic heterocycles. The van der Waals surface area contributed by atoms with Crippen molar-refractivity contribution >= 4 is 60.8 Å². The molecule has 1 aliphatic rings. The van der Waals surface area contributed by atoms with Crippen molar-refractivity contribution in [3.63, 3.8) is 0 Å². The van der Waals surface area contributed by atoms with Gasteiger partial charge in [0.2, 0.25) is 0 Å². The fourth-order valence-electron chi connectivity index (χ4n) is 7.38. The number of carbonyl (C=O) groups is 8. The second-order valence-electron chi connectivity index (χ2n) is 18.7. The van der Waals surface area contributed by atoms with Crippen LogP contribution in [0.15, 0.2) is 24.3 Å². The van der Waals surface area contributed by atoms with E-state index in [9.17, 15) is 38.4 Å². The van der Waals surface area contributed by atoms with Crippen LogP contribution in [-0.4, -0.2) is 152 Å². The van der Waals surface area contributed by atoms with E-state index in [1.165, 1.54) is 49.0 Å². The van der Waals surface area contributed by atoms with Crippen LogP contribution in [0.3, 0.4) is 0 Å². The molecule has 0 aliphatic carbocycles. The number of carbonyl (C=O) groups excluding carboxylic acids is 8. The van der Waals surface area contributed by atoms with Crippen molar-refractivity contribution in [1.82, 2.24) is 19.6 Å². The summed E-state index contributed by atoms with van der Waals surface area (Å²) < 4.78 is 23.2. The Bertz CT molecular complexity index is 1750. The van der Waals surface area contributed by atoms with Crippen LogP contribution >= 0.6 is 0 Å². The number of likely N-dealkylation sites (N-methyl/N-ethyl adjacent to an activating group) is 4. The number of rotatable bonds is 10. The molecule has 2 rings (SSSR count). The van der Waals surface area contributed by atoms with Gasteiger partial charge in [-0.05, 0) is 75.7 Å². The molecule has 1 aromatic rings. The van der Waals surface area contributed by atoms with Gasteiger partial charge < -0.3 is 38.5 Å². The first-order chi connectivity index (χ1) is 29.2. The van der Waals surface area contributed by atoms with Crippen LogP contribution in [0.2, 0.25) is 0 Å². The topological polar surface area (TPSA) is 186 Å². The SMILES string of the molecule is Bc1ccc(C[C@H]2OC(=O)[C@H](CC(C)C)N(C)C(=O)[C@@H](C)OC(=O)[C@H](CC(C)C)N(C)C(=O)[C@@H](C)OC(=O)[C@H](CC(C)C)N(C)C(=O)[C@@H](C)OC(=O)[C@H](CC(C)C)N(C)C2=O)cc1. The van der Waals surface area contributed by atoms with Crippen molar-refractivity contribution < 1.29 is 57.3 Å². The maximum atomic E-state index is 14.6. The third-order valence-electron chi connectivity index (χ3n) is 11.1. The van der Waals surface area contributed by atoms with Gasteiger partial charge >= 0.3 is 23.9 Å². The van der Waals surface area contributed by atoms with E-state index >= 15 is 0 Å². The number of esters is 4. The third kappa shape index (κ3) is 15.7. The highest BCUT2D eigenvalue weighted by Crippen LogP contribution is 2.23. The van der Waals surface area contributed by atoms with Gasteiger partial charge in [0.15, 0.2) is 24.4 Å². The summed E-state index contributed by atoms with van der Waals surface area (Å²) >= 11 is 0. The minimum atomic E-state index is -1.47. The highest BCUT2D eigenvalue weighted by molar-refractivity contribution is 6.32. The van der Waals surface area contributed by atoms with Crippen LogP contribution < -0.4 is 5.46 Å². The molecule has 1 fully saturated rings. The van der Waals surface area contributed by atoms with Crippen LogP contribution in [0.1, 0.15) is 107 Å². The van der Waals surface area contributed by atoms with Gasteiger partial charge in [-0.1, -0.05) is 85.1 Å². The average Bonchev–Trinajstić information content (AvgIpc) is 3.20. The van der Waals surface area contributed by atoms with Gasteiger partial charge in [-0.2, -0.15) is 0 Å². The Labute approximate surface area is 375 Å². The number of nitrogens with zero attached hydrogens (tertiary/aromatic N) is 4. The van der Waals surface area contributed by atoms with Crippen molar-refractivity contribution in [1.29, 1.82) is 0 Å². The lowest BCUT2D eigenvalue weighted by molar-refractivity contribution is -0.176. The number of hydrogen-bond acceptors (Lipinski definition) is 12. The first kappa shape index (κ1) is 54.2. The van der Waals surface area contributed by atoms with Crippen LogP contribution in [-0.2, 0) is 63.7 Å². The fraction of sp³-hybridized carbons (Fsp3) is 0.696. The van der Waals surface area contributed by atoms with E-state index in [4.69, 9.17) is 18.9 Å². The quantitative estimate of drug-likeness (QED) is 0.190. The van der Waals surface area contributed by atoms with Crippen molar-refractivity contribution in [2.24, 2.45) is 23.7 Å². The summed E-state index contributed by atoms with van der Waals surface area (Å²) in [5, 5.41) is 0. The van der Waals surface area contributed by atoms with Gasteiger partial charge in [-0.3, -0.25) is 19.2 Å². The molecule has 1 saturated heterocycles. The fourth-order valence-corrected chi connectivity index (χ4v) is 7.38. The van der Waals surface area contributed by atoms with E-state index in [1.807, 2.05) is 75.4 Å². The van der Waals surface area contributed by atoms with E-state index in [0.29, 0.717) is 5.56 Å². The van der Waals surface area contributed by atoms with Gasteiger partial charge in [0.25, 0.3) is 23.6 Å². The van der Waals surface area contributed by atoms with Gasteiger partial charge in [0.1, 0.15) is 32.0 Å².